The molecule has 1 fully saturated rings. The lowest BCUT2D eigenvalue weighted by Crippen LogP contribution is -2.40. The van der Waals surface area contributed by atoms with Crippen LogP contribution in [-0.2, 0) is 4.79 Å². The molecule has 2 unspecified atom stereocenters. The average Bonchev–Trinajstić information content (AvgIpc) is 2.32. The summed E-state index contributed by atoms with van der Waals surface area (Å²) in [4.78, 5) is 11.2. The molecule has 1 heterocycles. The molecule has 1 N–H and O–H groups in total. The smallest absolute Gasteiger partial charge is 0.254 e. The summed E-state index contributed by atoms with van der Waals surface area (Å²) in [5.41, 5.74) is 0. The number of nitrogens with one attached hydrogen (secondary N) is 1. The molecular weight excluding hydrogens is 208 g/mol. The molecule has 0 aromatic heterocycles. The fraction of sp³-hybridized carbons (Fsp3) is 0.889. The van der Waals surface area contributed by atoms with Crippen molar-refractivity contribution in [3.8, 4) is 0 Å². The largest absolute Gasteiger partial charge is 0.352 e. The maximum Gasteiger partial charge on any atom is 0.254 e. The summed E-state index contributed by atoms with van der Waals surface area (Å²) in [7, 11) is 0. The molecule has 82 valence electrons. The van der Waals surface area contributed by atoms with Crippen molar-refractivity contribution >= 4 is 17.7 Å². The maximum atomic E-state index is 12.5. The number of carbonyl (C=O) groups is 1. The Morgan fingerprint density at radius 1 is 1.57 bits per heavy atom. The predicted molar refractivity (Wildman–Crippen MR) is 53.7 cm³/mol. The number of halogens is 2. The van der Waals surface area contributed by atoms with E-state index in [1.807, 2.05) is 6.92 Å². The van der Waals surface area contributed by atoms with Crippen LogP contribution in [0.3, 0.4) is 0 Å². The quantitative estimate of drug-likeness (QED) is 0.791. The zero-order valence-electron chi connectivity index (χ0n) is 8.35. The molecule has 2 nitrogen and oxygen atoms in total. The molecule has 1 aliphatic rings. The van der Waals surface area contributed by atoms with E-state index in [9.17, 15) is 13.6 Å². The van der Waals surface area contributed by atoms with E-state index in [0.717, 1.165) is 18.4 Å². The molecular formula is C9H15F2NOS. The van der Waals surface area contributed by atoms with E-state index in [-0.39, 0.29) is 6.04 Å². The van der Waals surface area contributed by atoms with Gasteiger partial charge in [-0.3, -0.25) is 4.79 Å². The van der Waals surface area contributed by atoms with Gasteiger partial charge in [-0.15, -0.1) is 0 Å². The first-order valence-electron chi connectivity index (χ1n) is 4.63. The number of alkyl halides is 2. The van der Waals surface area contributed by atoms with Crippen molar-refractivity contribution in [2.24, 2.45) is 5.92 Å². The molecule has 0 saturated carbocycles. The zero-order valence-corrected chi connectivity index (χ0v) is 9.16. The third kappa shape index (κ3) is 3.82. The highest BCUT2D eigenvalue weighted by Crippen LogP contribution is 2.24. The molecule has 2 atom stereocenters. The second kappa shape index (κ2) is 4.47. The van der Waals surface area contributed by atoms with Crippen LogP contribution in [0.25, 0.3) is 0 Å². The lowest BCUT2D eigenvalue weighted by molar-refractivity contribution is -0.128. The average molecular weight is 223 g/mol. The van der Waals surface area contributed by atoms with Crippen molar-refractivity contribution in [2.45, 2.75) is 32.2 Å². The van der Waals surface area contributed by atoms with Gasteiger partial charge in [0, 0.05) is 11.8 Å². The molecule has 1 aliphatic heterocycles. The van der Waals surface area contributed by atoms with Crippen LogP contribution in [0.1, 0.15) is 20.3 Å². The number of rotatable bonds is 3. The summed E-state index contributed by atoms with van der Waals surface area (Å²) >= 11 is 1.75. The monoisotopic (exact) mass is 223 g/mol. The molecule has 0 radical (unpaired) electrons. The van der Waals surface area contributed by atoms with Gasteiger partial charge in [0.05, 0.1) is 6.42 Å². The summed E-state index contributed by atoms with van der Waals surface area (Å²) in [6, 6.07) is 0.0647. The van der Waals surface area contributed by atoms with Gasteiger partial charge in [-0.05, 0) is 18.6 Å². The topological polar surface area (TPSA) is 29.1 Å². The van der Waals surface area contributed by atoms with E-state index in [2.05, 4.69) is 5.32 Å². The van der Waals surface area contributed by atoms with Gasteiger partial charge in [0.2, 0.25) is 5.91 Å². The summed E-state index contributed by atoms with van der Waals surface area (Å²) < 4.78 is 25.0. The molecule has 1 saturated heterocycles. The van der Waals surface area contributed by atoms with Crippen LogP contribution in [0.15, 0.2) is 0 Å². The van der Waals surface area contributed by atoms with E-state index in [1.165, 1.54) is 0 Å². The van der Waals surface area contributed by atoms with Gasteiger partial charge in [0.1, 0.15) is 0 Å². The van der Waals surface area contributed by atoms with Gasteiger partial charge in [-0.1, -0.05) is 6.92 Å². The van der Waals surface area contributed by atoms with Gasteiger partial charge in [0.25, 0.3) is 5.92 Å². The van der Waals surface area contributed by atoms with Crippen LogP contribution in [0.4, 0.5) is 8.78 Å². The van der Waals surface area contributed by atoms with Gasteiger partial charge >= 0.3 is 0 Å². The first-order chi connectivity index (χ1) is 6.38. The third-order valence-electron chi connectivity index (χ3n) is 2.18. The molecule has 0 aliphatic carbocycles. The normalized spacial score (nSPS) is 27.7. The van der Waals surface area contributed by atoms with Gasteiger partial charge in [0.15, 0.2) is 0 Å². The predicted octanol–water partition coefficient (Wildman–Crippen LogP) is 1.90. The molecule has 1 rings (SSSR count). The first kappa shape index (κ1) is 11.8. The van der Waals surface area contributed by atoms with E-state index < -0.39 is 18.3 Å². The SMILES string of the molecule is CC1CSCC1NC(=O)CC(C)(F)F. The van der Waals surface area contributed by atoms with Crippen LogP contribution < -0.4 is 5.32 Å². The van der Waals surface area contributed by atoms with Crippen LogP contribution in [0, 0.1) is 5.92 Å². The Kier molecular flexibility index (Phi) is 3.75. The zero-order chi connectivity index (χ0) is 10.8. The first-order valence-corrected chi connectivity index (χ1v) is 5.79. The van der Waals surface area contributed by atoms with Crippen molar-refractivity contribution in [3.63, 3.8) is 0 Å². The fourth-order valence-electron chi connectivity index (χ4n) is 1.38. The van der Waals surface area contributed by atoms with Crippen molar-refractivity contribution in [2.75, 3.05) is 11.5 Å². The van der Waals surface area contributed by atoms with E-state index in [1.54, 1.807) is 11.8 Å². The second-order valence-electron chi connectivity index (χ2n) is 3.94. The Morgan fingerprint density at radius 2 is 2.21 bits per heavy atom. The van der Waals surface area contributed by atoms with Crippen molar-refractivity contribution in [3.05, 3.63) is 0 Å². The van der Waals surface area contributed by atoms with Crippen molar-refractivity contribution in [1.82, 2.24) is 5.32 Å². The Bertz CT molecular complexity index is 217. The molecule has 1 amide bonds. The molecule has 5 heteroatoms. The number of amides is 1. The number of hydrogen-bond donors (Lipinski definition) is 1. The third-order valence-corrected chi connectivity index (χ3v) is 3.54. The standard InChI is InChI=1S/C9H15F2NOS/c1-6-4-14-5-7(6)12-8(13)3-9(2,10)11/h6-7H,3-5H2,1-2H3,(H,12,13). The lowest BCUT2D eigenvalue weighted by Gasteiger charge is -2.17. The highest BCUT2D eigenvalue weighted by atomic mass is 32.2. The molecule has 0 spiro atoms. The molecule has 0 bridgehead atoms. The van der Waals surface area contributed by atoms with E-state index >= 15 is 0 Å². The summed E-state index contributed by atoms with van der Waals surface area (Å²) in [6.07, 6.45) is -0.707. The Hall–Kier alpha value is -0.320. The maximum absolute atomic E-state index is 12.5. The van der Waals surface area contributed by atoms with Gasteiger partial charge < -0.3 is 5.32 Å². The Balaban J connectivity index is 2.33. The minimum atomic E-state index is -2.90. The van der Waals surface area contributed by atoms with E-state index in [0.29, 0.717) is 5.92 Å². The number of hydrogen-bond acceptors (Lipinski definition) is 2. The Morgan fingerprint density at radius 3 is 2.64 bits per heavy atom. The summed E-state index contributed by atoms with van der Waals surface area (Å²) in [5, 5.41) is 2.65. The Labute approximate surface area is 86.8 Å². The lowest BCUT2D eigenvalue weighted by atomic mass is 10.1. The van der Waals surface area contributed by atoms with Crippen LogP contribution >= 0.6 is 11.8 Å². The summed E-state index contributed by atoms with van der Waals surface area (Å²) in [6.45, 7) is 2.79. The molecule has 0 aromatic rings. The second-order valence-corrected chi connectivity index (χ2v) is 5.01. The van der Waals surface area contributed by atoms with Crippen LogP contribution in [0.2, 0.25) is 0 Å². The van der Waals surface area contributed by atoms with Crippen LogP contribution in [-0.4, -0.2) is 29.4 Å². The molecule has 0 aromatic carbocycles. The fourth-order valence-corrected chi connectivity index (χ4v) is 2.79. The minimum absolute atomic E-state index is 0.0647. The van der Waals surface area contributed by atoms with Gasteiger partial charge in [-0.2, -0.15) is 11.8 Å². The van der Waals surface area contributed by atoms with E-state index in [4.69, 9.17) is 0 Å². The number of carbonyl (C=O) groups excluding carboxylic acids is 1. The van der Waals surface area contributed by atoms with Crippen molar-refractivity contribution in [1.29, 1.82) is 0 Å². The molecule has 14 heavy (non-hydrogen) atoms. The highest BCUT2D eigenvalue weighted by molar-refractivity contribution is 7.99. The minimum Gasteiger partial charge on any atom is -0.352 e. The summed E-state index contributed by atoms with van der Waals surface area (Å²) in [5.74, 6) is -1.24. The highest BCUT2D eigenvalue weighted by Gasteiger charge is 2.30. The van der Waals surface area contributed by atoms with Gasteiger partial charge in [-0.25, -0.2) is 8.78 Å². The number of thioether (sulfide) groups is 1. The van der Waals surface area contributed by atoms with Crippen molar-refractivity contribution < 1.29 is 13.6 Å². The van der Waals surface area contributed by atoms with Crippen LogP contribution in [0.5, 0.6) is 0 Å².